The molecule has 1 amide bonds. The van der Waals surface area contributed by atoms with Gasteiger partial charge in [-0.05, 0) is 43.2 Å². The molecule has 5 nitrogen and oxygen atoms in total. The number of halogens is 1. The van der Waals surface area contributed by atoms with Crippen LogP contribution < -0.4 is 15.0 Å². The maximum Gasteiger partial charge on any atom is 0.234 e. The minimum atomic E-state index is 0.0743. The predicted octanol–water partition coefficient (Wildman–Crippen LogP) is 3.22. The summed E-state index contributed by atoms with van der Waals surface area (Å²) < 4.78 is 5.74. The van der Waals surface area contributed by atoms with Crippen molar-refractivity contribution in [2.75, 3.05) is 50.8 Å². The number of nitrogens with one attached hydrogen (secondary N) is 1. The molecule has 1 fully saturated rings. The van der Waals surface area contributed by atoms with Crippen molar-refractivity contribution in [2.24, 2.45) is 0 Å². The van der Waals surface area contributed by atoms with Crippen molar-refractivity contribution in [3.63, 3.8) is 0 Å². The smallest absolute Gasteiger partial charge is 0.234 e. The van der Waals surface area contributed by atoms with Crippen LogP contribution in [0.5, 0.6) is 5.75 Å². The number of rotatable bonds is 8. The van der Waals surface area contributed by atoms with Gasteiger partial charge in [-0.2, -0.15) is 0 Å². The molecule has 1 aliphatic rings. The highest BCUT2D eigenvalue weighted by atomic mass is 35.5. The van der Waals surface area contributed by atoms with Crippen molar-refractivity contribution in [3.05, 3.63) is 59.1 Å². The predicted molar refractivity (Wildman–Crippen MR) is 114 cm³/mol. The van der Waals surface area contributed by atoms with Crippen LogP contribution in [0.2, 0.25) is 5.02 Å². The van der Waals surface area contributed by atoms with Gasteiger partial charge in [0.1, 0.15) is 5.75 Å². The number of hydrogen-bond acceptors (Lipinski definition) is 4. The summed E-state index contributed by atoms with van der Waals surface area (Å²) in [4.78, 5) is 16.8. The Balaban J connectivity index is 1.41. The summed E-state index contributed by atoms with van der Waals surface area (Å²) in [5, 5.41) is 3.74. The molecule has 0 saturated carbocycles. The fourth-order valence-corrected chi connectivity index (χ4v) is 3.65. The van der Waals surface area contributed by atoms with Crippen molar-refractivity contribution >= 4 is 23.2 Å². The van der Waals surface area contributed by atoms with Gasteiger partial charge in [0, 0.05) is 37.7 Å². The number of nitrogens with zero attached hydrogens (tertiary/aromatic N) is 2. The second-order valence-electron chi connectivity index (χ2n) is 6.89. The van der Waals surface area contributed by atoms with Gasteiger partial charge in [-0.3, -0.25) is 9.69 Å². The molecule has 0 spiro atoms. The fourth-order valence-electron chi connectivity index (χ4n) is 3.44. The molecule has 1 aliphatic heterocycles. The standard InChI is InChI=1S/C22H28ClN3O2/c1-2-28-21-9-4-3-8-20(21)26-14-12-25(13-15-26)17-22(27)24-11-10-18-6-5-7-19(23)16-18/h3-9,16H,2,10-15,17H2,1H3,(H,24,27). The van der Waals surface area contributed by atoms with Gasteiger partial charge in [0.15, 0.2) is 0 Å². The molecule has 3 rings (SSSR count). The summed E-state index contributed by atoms with van der Waals surface area (Å²) in [5.41, 5.74) is 2.27. The number of carbonyl (C=O) groups excluding carboxylic acids is 1. The minimum Gasteiger partial charge on any atom is -0.492 e. The van der Waals surface area contributed by atoms with E-state index in [1.165, 1.54) is 0 Å². The second kappa shape index (κ2) is 10.3. The quantitative estimate of drug-likeness (QED) is 0.737. The van der Waals surface area contributed by atoms with E-state index < -0.39 is 0 Å². The van der Waals surface area contributed by atoms with E-state index in [0.29, 0.717) is 19.7 Å². The Morgan fingerprint density at radius 1 is 1.11 bits per heavy atom. The molecular weight excluding hydrogens is 374 g/mol. The molecule has 0 aliphatic carbocycles. The lowest BCUT2D eigenvalue weighted by Crippen LogP contribution is -2.49. The number of hydrogen-bond donors (Lipinski definition) is 1. The van der Waals surface area contributed by atoms with Crippen molar-refractivity contribution < 1.29 is 9.53 Å². The number of benzene rings is 2. The maximum atomic E-state index is 12.2. The average Bonchev–Trinajstić information content (AvgIpc) is 2.69. The van der Waals surface area contributed by atoms with Crippen LogP contribution in [0.3, 0.4) is 0 Å². The first-order chi connectivity index (χ1) is 13.7. The Morgan fingerprint density at radius 3 is 2.64 bits per heavy atom. The Hall–Kier alpha value is -2.24. The maximum absolute atomic E-state index is 12.2. The van der Waals surface area contributed by atoms with Crippen molar-refractivity contribution in [2.45, 2.75) is 13.3 Å². The van der Waals surface area contributed by atoms with Gasteiger partial charge in [-0.1, -0.05) is 35.9 Å². The Morgan fingerprint density at radius 2 is 1.89 bits per heavy atom. The van der Waals surface area contributed by atoms with Crippen LogP contribution in [0, 0.1) is 0 Å². The van der Waals surface area contributed by atoms with E-state index in [2.05, 4.69) is 21.2 Å². The zero-order chi connectivity index (χ0) is 19.8. The Labute approximate surface area is 172 Å². The van der Waals surface area contributed by atoms with Gasteiger partial charge in [-0.15, -0.1) is 0 Å². The Bertz CT molecular complexity index is 776. The molecule has 0 radical (unpaired) electrons. The molecule has 1 N–H and O–H groups in total. The van der Waals surface area contributed by atoms with Crippen LogP contribution in [-0.4, -0.2) is 56.7 Å². The average molecular weight is 402 g/mol. The van der Waals surface area contributed by atoms with Crippen LogP contribution in [0.15, 0.2) is 48.5 Å². The monoisotopic (exact) mass is 401 g/mol. The lowest BCUT2D eigenvalue weighted by atomic mass is 10.1. The van der Waals surface area contributed by atoms with E-state index >= 15 is 0 Å². The van der Waals surface area contributed by atoms with Gasteiger partial charge in [0.25, 0.3) is 0 Å². The first-order valence-electron chi connectivity index (χ1n) is 9.86. The van der Waals surface area contributed by atoms with E-state index in [-0.39, 0.29) is 5.91 Å². The first kappa shape index (κ1) is 20.5. The molecule has 0 unspecified atom stereocenters. The molecule has 1 saturated heterocycles. The normalized spacial score (nSPS) is 14.7. The van der Waals surface area contributed by atoms with Crippen LogP contribution in [0.4, 0.5) is 5.69 Å². The minimum absolute atomic E-state index is 0.0743. The number of para-hydroxylation sites is 2. The van der Waals surface area contributed by atoms with E-state index in [0.717, 1.165) is 54.6 Å². The summed E-state index contributed by atoms with van der Waals surface area (Å²) in [6.45, 7) is 7.23. The molecule has 150 valence electrons. The number of ether oxygens (including phenoxy) is 1. The zero-order valence-corrected chi connectivity index (χ0v) is 17.1. The molecule has 2 aromatic rings. The molecule has 28 heavy (non-hydrogen) atoms. The lowest BCUT2D eigenvalue weighted by molar-refractivity contribution is -0.122. The molecule has 0 aromatic heterocycles. The van der Waals surface area contributed by atoms with E-state index in [4.69, 9.17) is 16.3 Å². The lowest BCUT2D eigenvalue weighted by Gasteiger charge is -2.36. The molecule has 0 bridgehead atoms. The van der Waals surface area contributed by atoms with Crippen molar-refractivity contribution in [1.82, 2.24) is 10.2 Å². The summed E-state index contributed by atoms with van der Waals surface area (Å²) >= 11 is 5.99. The number of carbonyl (C=O) groups is 1. The highest BCUT2D eigenvalue weighted by Crippen LogP contribution is 2.28. The number of anilines is 1. The largest absolute Gasteiger partial charge is 0.492 e. The SMILES string of the molecule is CCOc1ccccc1N1CCN(CC(=O)NCCc2cccc(Cl)c2)CC1. The summed E-state index contributed by atoms with van der Waals surface area (Å²) in [6, 6.07) is 15.9. The fraction of sp³-hybridized carbons (Fsp3) is 0.409. The number of amides is 1. The molecule has 0 atom stereocenters. The molecule has 1 heterocycles. The Kier molecular flexibility index (Phi) is 7.57. The third kappa shape index (κ3) is 5.88. The van der Waals surface area contributed by atoms with Crippen LogP contribution >= 0.6 is 11.6 Å². The van der Waals surface area contributed by atoms with Crippen molar-refractivity contribution in [1.29, 1.82) is 0 Å². The van der Waals surface area contributed by atoms with E-state index in [1.807, 2.05) is 49.4 Å². The van der Waals surface area contributed by atoms with Gasteiger partial charge >= 0.3 is 0 Å². The van der Waals surface area contributed by atoms with Gasteiger partial charge < -0.3 is 15.0 Å². The van der Waals surface area contributed by atoms with Gasteiger partial charge in [-0.25, -0.2) is 0 Å². The van der Waals surface area contributed by atoms with E-state index in [1.54, 1.807) is 0 Å². The molecule has 6 heteroatoms. The van der Waals surface area contributed by atoms with Crippen LogP contribution in [0.1, 0.15) is 12.5 Å². The highest BCUT2D eigenvalue weighted by Gasteiger charge is 2.21. The first-order valence-corrected chi connectivity index (χ1v) is 10.2. The van der Waals surface area contributed by atoms with Crippen LogP contribution in [0.25, 0.3) is 0 Å². The van der Waals surface area contributed by atoms with E-state index in [9.17, 15) is 4.79 Å². The van der Waals surface area contributed by atoms with Gasteiger partial charge in [0.2, 0.25) is 5.91 Å². The molecular formula is C22H28ClN3O2. The van der Waals surface area contributed by atoms with Crippen LogP contribution in [-0.2, 0) is 11.2 Å². The number of piperazine rings is 1. The third-order valence-electron chi connectivity index (χ3n) is 4.87. The highest BCUT2D eigenvalue weighted by molar-refractivity contribution is 6.30. The summed E-state index contributed by atoms with van der Waals surface area (Å²) in [5.74, 6) is 1.00. The zero-order valence-electron chi connectivity index (χ0n) is 16.4. The van der Waals surface area contributed by atoms with Gasteiger partial charge in [0.05, 0.1) is 18.8 Å². The molecule has 2 aromatic carbocycles. The van der Waals surface area contributed by atoms with Crippen molar-refractivity contribution in [3.8, 4) is 5.75 Å². The summed E-state index contributed by atoms with van der Waals surface area (Å²) in [7, 11) is 0. The topological polar surface area (TPSA) is 44.8 Å². The second-order valence-corrected chi connectivity index (χ2v) is 7.33. The summed E-state index contributed by atoms with van der Waals surface area (Å²) in [6.07, 6.45) is 0.786. The third-order valence-corrected chi connectivity index (χ3v) is 5.11.